The molecule has 0 bridgehead atoms. The predicted octanol–water partition coefficient (Wildman–Crippen LogP) is 3.23. The van der Waals surface area contributed by atoms with Crippen LogP contribution in [0.25, 0.3) is 11.3 Å². The van der Waals surface area contributed by atoms with Gasteiger partial charge in [-0.15, -0.1) is 0 Å². The number of hydrogen-bond donors (Lipinski definition) is 2. The Bertz CT molecular complexity index is 759. The molecule has 1 unspecified atom stereocenters. The molecule has 1 atom stereocenters. The van der Waals surface area contributed by atoms with Gasteiger partial charge in [-0.25, -0.2) is 4.98 Å². The van der Waals surface area contributed by atoms with E-state index in [1.54, 1.807) is 24.3 Å². The molecule has 1 aromatic heterocycles. The van der Waals surface area contributed by atoms with Crippen LogP contribution in [0.2, 0.25) is 0 Å². The van der Waals surface area contributed by atoms with Crippen molar-refractivity contribution in [2.75, 3.05) is 5.32 Å². The molecule has 1 amide bonds. The van der Waals surface area contributed by atoms with Crippen LogP contribution in [-0.4, -0.2) is 22.2 Å². The Balaban J connectivity index is 1.95. The van der Waals surface area contributed by atoms with Gasteiger partial charge in [0.1, 0.15) is 0 Å². The second-order valence-corrected chi connectivity index (χ2v) is 5.31. The Labute approximate surface area is 130 Å². The summed E-state index contributed by atoms with van der Waals surface area (Å²) in [6, 6.07) is 9.32. The second kappa shape index (κ2) is 5.66. The number of benzene rings is 1. The molecule has 1 aromatic carbocycles. The standard InChI is InChI=1S/C16H13F3N2O2/c17-16(18,19)15(23)13-3-1-2-11(20-13)9-4-6-12-10(8-9)5-7-14(22)21-12/h1-4,6,8,15,23H,5,7H2,(H,21,22). The van der Waals surface area contributed by atoms with Crippen LogP contribution in [0.1, 0.15) is 23.8 Å². The topological polar surface area (TPSA) is 62.2 Å². The Morgan fingerprint density at radius 3 is 2.70 bits per heavy atom. The number of halogens is 3. The largest absolute Gasteiger partial charge is 0.420 e. The molecule has 0 saturated heterocycles. The lowest BCUT2D eigenvalue weighted by molar-refractivity contribution is -0.207. The number of hydrogen-bond acceptors (Lipinski definition) is 3. The van der Waals surface area contributed by atoms with Gasteiger partial charge >= 0.3 is 6.18 Å². The van der Waals surface area contributed by atoms with Crippen molar-refractivity contribution < 1.29 is 23.1 Å². The smallest absolute Gasteiger partial charge is 0.378 e. The normalized spacial score (nSPS) is 15.7. The van der Waals surface area contributed by atoms with Crippen molar-refractivity contribution in [2.24, 2.45) is 0 Å². The predicted molar refractivity (Wildman–Crippen MR) is 77.6 cm³/mol. The summed E-state index contributed by atoms with van der Waals surface area (Å²) in [4.78, 5) is 15.3. The number of nitrogens with one attached hydrogen (secondary N) is 1. The molecule has 4 nitrogen and oxygen atoms in total. The van der Waals surface area contributed by atoms with Gasteiger partial charge in [0.2, 0.25) is 5.91 Å². The van der Waals surface area contributed by atoms with E-state index in [-0.39, 0.29) is 5.91 Å². The Hall–Kier alpha value is -2.41. The van der Waals surface area contributed by atoms with E-state index in [2.05, 4.69) is 10.3 Å². The average Bonchev–Trinajstić information content (AvgIpc) is 2.53. The van der Waals surface area contributed by atoms with E-state index in [4.69, 9.17) is 0 Å². The van der Waals surface area contributed by atoms with Crippen molar-refractivity contribution in [1.82, 2.24) is 4.98 Å². The van der Waals surface area contributed by atoms with Crippen LogP contribution in [0.15, 0.2) is 36.4 Å². The van der Waals surface area contributed by atoms with E-state index in [0.717, 1.165) is 11.6 Å². The summed E-state index contributed by atoms with van der Waals surface area (Å²) >= 11 is 0. The maximum atomic E-state index is 12.6. The van der Waals surface area contributed by atoms with Crippen LogP contribution in [0.4, 0.5) is 18.9 Å². The number of amides is 1. The number of nitrogens with zero attached hydrogens (tertiary/aromatic N) is 1. The molecule has 23 heavy (non-hydrogen) atoms. The van der Waals surface area contributed by atoms with Gasteiger partial charge in [0.25, 0.3) is 0 Å². The Morgan fingerprint density at radius 2 is 1.96 bits per heavy atom. The highest BCUT2D eigenvalue weighted by atomic mass is 19.4. The SMILES string of the molecule is O=C1CCc2cc(-c3cccc(C(O)C(F)(F)F)n3)ccc2N1. The third-order valence-corrected chi connectivity index (χ3v) is 3.66. The summed E-state index contributed by atoms with van der Waals surface area (Å²) in [6.07, 6.45) is -6.43. The molecule has 0 fully saturated rings. The molecule has 0 aliphatic carbocycles. The van der Waals surface area contributed by atoms with Crippen LogP contribution < -0.4 is 5.32 Å². The summed E-state index contributed by atoms with van der Waals surface area (Å²) in [7, 11) is 0. The summed E-state index contributed by atoms with van der Waals surface area (Å²) in [6.45, 7) is 0. The summed E-state index contributed by atoms with van der Waals surface area (Å²) in [5, 5.41) is 12.1. The van der Waals surface area contributed by atoms with E-state index >= 15 is 0 Å². The summed E-state index contributed by atoms with van der Waals surface area (Å²) < 4.78 is 37.8. The molecular weight excluding hydrogens is 309 g/mol. The van der Waals surface area contributed by atoms with Gasteiger partial charge in [0.05, 0.1) is 11.4 Å². The first-order chi connectivity index (χ1) is 10.8. The number of carbonyl (C=O) groups excluding carboxylic acids is 1. The monoisotopic (exact) mass is 322 g/mol. The Kier molecular flexibility index (Phi) is 3.81. The Morgan fingerprint density at radius 1 is 1.17 bits per heavy atom. The zero-order chi connectivity index (χ0) is 16.6. The average molecular weight is 322 g/mol. The lowest BCUT2D eigenvalue weighted by Crippen LogP contribution is -2.21. The van der Waals surface area contributed by atoms with Crippen LogP contribution in [-0.2, 0) is 11.2 Å². The number of anilines is 1. The summed E-state index contributed by atoms with van der Waals surface area (Å²) in [5.74, 6) is -0.0568. The molecule has 0 saturated carbocycles. The maximum absolute atomic E-state index is 12.6. The minimum Gasteiger partial charge on any atom is -0.378 e. The lowest BCUT2D eigenvalue weighted by Gasteiger charge is -2.18. The number of aliphatic hydroxyl groups is 1. The number of rotatable bonds is 2. The first-order valence-corrected chi connectivity index (χ1v) is 6.99. The maximum Gasteiger partial charge on any atom is 0.420 e. The van der Waals surface area contributed by atoms with Gasteiger partial charge < -0.3 is 10.4 Å². The van der Waals surface area contributed by atoms with E-state index in [1.807, 2.05) is 0 Å². The van der Waals surface area contributed by atoms with Gasteiger partial charge in [-0.3, -0.25) is 4.79 Å². The molecule has 2 heterocycles. The van der Waals surface area contributed by atoms with Gasteiger partial charge in [0, 0.05) is 17.7 Å². The van der Waals surface area contributed by atoms with Crippen molar-refractivity contribution in [2.45, 2.75) is 25.1 Å². The number of aryl methyl sites for hydroxylation is 1. The number of alkyl halides is 3. The van der Waals surface area contributed by atoms with E-state index in [1.165, 1.54) is 6.07 Å². The fraction of sp³-hybridized carbons (Fsp3) is 0.250. The lowest BCUT2D eigenvalue weighted by atomic mass is 9.99. The molecule has 7 heteroatoms. The second-order valence-electron chi connectivity index (χ2n) is 5.31. The summed E-state index contributed by atoms with van der Waals surface area (Å²) in [5.41, 5.74) is 2.14. The van der Waals surface area contributed by atoms with Crippen LogP contribution in [0.3, 0.4) is 0 Å². The highest BCUT2D eigenvalue weighted by Crippen LogP contribution is 2.33. The minimum absolute atomic E-state index is 0.0568. The number of fused-ring (bicyclic) bond motifs is 1. The zero-order valence-corrected chi connectivity index (χ0v) is 11.9. The number of aliphatic hydroxyl groups excluding tert-OH is 1. The molecule has 120 valence electrons. The van der Waals surface area contributed by atoms with Gasteiger partial charge in [-0.2, -0.15) is 13.2 Å². The van der Waals surface area contributed by atoms with Crippen molar-refractivity contribution in [1.29, 1.82) is 0 Å². The number of pyridine rings is 1. The van der Waals surface area contributed by atoms with Crippen molar-refractivity contribution in [3.05, 3.63) is 47.7 Å². The molecular formula is C16H13F3N2O2. The van der Waals surface area contributed by atoms with Gasteiger partial charge in [-0.1, -0.05) is 12.1 Å². The van der Waals surface area contributed by atoms with E-state index < -0.39 is 18.0 Å². The zero-order valence-electron chi connectivity index (χ0n) is 11.9. The van der Waals surface area contributed by atoms with Gasteiger partial charge in [0.15, 0.2) is 6.10 Å². The number of carbonyl (C=O) groups is 1. The van der Waals surface area contributed by atoms with Crippen molar-refractivity contribution in [3.63, 3.8) is 0 Å². The first-order valence-electron chi connectivity index (χ1n) is 6.99. The fourth-order valence-corrected chi connectivity index (χ4v) is 2.47. The highest BCUT2D eigenvalue weighted by molar-refractivity contribution is 5.94. The quantitative estimate of drug-likeness (QED) is 0.892. The molecule has 3 rings (SSSR count). The van der Waals surface area contributed by atoms with E-state index in [9.17, 15) is 23.1 Å². The van der Waals surface area contributed by atoms with Gasteiger partial charge in [-0.05, 0) is 36.2 Å². The molecule has 0 radical (unpaired) electrons. The van der Waals surface area contributed by atoms with E-state index in [0.29, 0.717) is 29.8 Å². The molecule has 0 spiro atoms. The van der Waals surface area contributed by atoms with Crippen LogP contribution in [0.5, 0.6) is 0 Å². The highest BCUT2D eigenvalue weighted by Gasteiger charge is 2.40. The third-order valence-electron chi connectivity index (χ3n) is 3.66. The first kappa shape index (κ1) is 15.5. The number of aromatic nitrogens is 1. The fourth-order valence-electron chi connectivity index (χ4n) is 2.47. The molecule has 1 aliphatic rings. The third kappa shape index (κ3) is 3.19. The molecule has 2 aromatic rings. The van der Waals surface area contributed by atoms with Crippen molar-refractivity contribution >= 4 is 11.6 Å². The molecule has 1 aliphatic heterocycles. The van der Waals surface area contributed by atoms with Crippen LogP contribution >= 0.6 is 0 Å². The minimum atomic E-state index is -4.76. The van der Waals surface area contributed by atoms with Crippen LogP contribution in [0, 0.1) is 0 Å². The van der Waals surface area contributed by atoms with Crippen molar-refractivity contribution in [3.8, 4) is 11.3 Å². The molecule has 2 N–H and O–H groups in total.